The molecule has 2 rings (SSSR count). The fourth-order valence-corrected chi connectivity index (χ4v) is 2.50. The molecule has 0 saturated heterocycles. The number of rotatable bonds is 5. The number of nitrogens with two attached hydrogens (primary N) is 1. The van der Waals surface area contributed by atoms with E-state index in [-0.39, 0.29) is 0 Å². The first kappa shape index (κ1) is 15.0. The second-order valence-electron chi connectivity index (χ2n) is 5.00. The Morgan fingerprint density at radius 2 is 1.95 bits per heavy atom. The molecule has 0 unspecified atom stereocenters. The molecule has 0 atom stereocenters. The largest absolute Gasteiger partial charge is 0.365 e. The van der Waals surface area contributed by atoms with E-state index in [0.717, 1.165) is 35.2 Å². The number of pyridine rings is 1. The summed E-state index contributed by atoms with van der Waals surface area (Å²) in [5.41, 5.74) is 10.2. The maximum absolute atomic E-state index is 11.9. The van der Waals surface area contributed by atoms with Crippen LogP contribution >= 0.6 is 0 Å². The van der Waals surface area contributed by atoms with Gasteiger partial charge in [0.2, 0.25) is 0 Å². The number of carbonyl (C=O) groups is 1. The first-order valence-corrected chi connectivity index (χ1v) is 7.21. The Balaban J connectivity index is 2.54. The van der Waals surface area contributed by atoms with Gasteiger partial charge in [0.25, 0.3) is 5.91 Å². The van der Waals surface area contributed by atoms with Crippen LogP contribution in [-0.2, 0) is 12.8 Å². The van der Waals surface area contributed by atoms with Crippen LogP contribution in [0.15, 0.2) is 30.5 Å². The number of anilines is 2. The van der Waals surface area contributed by atoms with Gasteiger partial charge in [0.05, 0.1) is 5.56 Å². The van der Waals surface area contributed by atoms with Crippen molar-refractivity contribution in [2.75, 3.05) is 5.32 Å². The van der Waals surface area contributed by atoms with Crippen LogP contribution in [0.25, 0.3) is 0 Å². The van der Waals surface area contributed by atoms with Gasteiger partial charge in [-0.1, -0.05) is 32.0 Å². The van der Waals surface area contributed by atoms with Crippen LogP contribution in [0.5, 0.6) is 0 Å². The number of benzene rings is 1. The van der Waals surface area contributed by atoms with E-state index in [4.69, 9.17) is 5.73 Å². The van der Waals surface area contributed by atoms with Gasteiger partial charge in [-0.25, -0.2) is 4.98 Å². The molecule has 0 radical (unpaired) electrons. The highest BCUT2D eigenvalue weighted by Gasteiger charge is 2.17. The molecule has 4 nitrogen and oxygen atoms in total. The van der Waals surface area contributed by atoms with Crippen molar-refractivity contribution in [1.82, 2.24) is 4.98 Å². The number of amides is 1. The number of aryl methyl sites for hydroxylation is 2. The van der Waals surface area contributed by atoms with Crippen LogP contribution in [0, 0.1) is 6.92 Å². The van der Waals surface area contributed by atoms with Gasteiger partial charge in [-0.05, 0) is 42.5 Å². The lowest BCUT2D eigenvalue weighted by atomic mass is 9.98. The second-order valence-corrected chi connectivity index (χ2v) is 5.00. The number of para-hydroxylation sites is 1. The molecule has 0 fully saturated rings. The Labute approximate surface area is 125 Å². The fraction of sp³-hybridized carbons (Fsp3) is 0.294. The SMILES string of the molecule is CCc1cnc(Nc2ccccc2C)c(C(N)=O)c1CC. The van der Waals surface area contributed by atoms with Crippen molar-refractivity contribution in [3.8, 4) is 0 Å². The molecule has 3 N–H and O–H groups in total. The van der Waals surface area contributed by atoms with Crippen LogP contribution in [0.3, 0.4) is 0 Å². The first-order valence-electron chi connectivity index (χ1n) is 7.21. The van der Waals surface area contributed by atoms with E-state index in [0.29, 0.717) is 11.4 Å². The van der Waals surface area contributed by atoms with Gasteiger partial charge in [0, 0.05) is 11.9 Å². The summed E-state index contributed by atoms with van der Waals surface area (Å²) in [6.07, 6.45) is 3.42. The summed E-state index contributed by atoms with van der Waals surface area (Å²) in [4.78, 5) is 16.3. The van der Waals surface area contributed by atoms with Crippen molar-refractivity contribution >= 4 is 17.4 Å². The molecule has 0 spiro atoms. The Morgan fingerprint density at radius 3 is 2.52 bits per heavy atom. The predicted molar refractivity (Wildman–Crippen MR) is 86.0 cm³/mol. The molecule has 1 aromatic heterocycles. The average Bonchev–Trinajstić information content (AvgIpc) is 2.48. The minimum Gasteiger partial charge on any atom is -0.365 e. The third-order valence-corrected chi connectivity index (χ3v) is 3.65. The van der Waals surface area contributed by atoms with Crippen molar-refractivity contribution in [1.29, 1.82) is 0 Å². The Hall–Kier alpha value is -2.36. The zero-order chi connectivity index (χ0) is 15.4. The quantitative estimate of drug-likeness (QED) is 0.884. The van der Waals surface area contributed by atoms with Crippen molar-refractivity contribution < 1.29 is 4.79 Å². The Kier molecular flexibility index (Phi) is 4.58. The molecule has 4 heteroatoms. The highest BCUT2D eigenvalue weighted by atomic mass is 16.1. The summed E-state index contributed by atoms with van der Waals surface area (Å²) in [6, 6.07) is 7.88. The molecule has 0 aliphatic heterocycles. The molecule has 0 bridgehead atoms. The second kappa shape index (κ2) is 6.39. The van der Waals surface area contributed by atoms with Gasteiger partial charge in [0.1, 0.15) is 5.82 Å². The summed E-state index contributed by atoms with van der Waals surface area (Å²) in [5, 5.41) is 3.24. The van der Waals surface area contributed by atoms with Crippen LogP contribution < -0.4 is 11.1 Å². The van der Waals surface area contributed by atoms with E-state index in [1.54, 1.807) is 0 Å². The molecule has 110 valence electrons. The zero-order valence-corrected chi connectivity index (χ0v) is 12.7. The van der Waals surface area contributed by atoms with Crippen molar-refractivity contribution in [2.45, 2.75) is 33.6 Å². The third-order valence-electron chi connectivity index (χ3n) is 3.65. The van der Waals surface area contributed by atoms with Crippen LogP contribution in [-0.4, -0.2) is 10.9 Å². The highest BCUT2D eigenvalue weighted by Crippen LogP contribution is 2.26. The van der Waals surface area contributed by atoms with E-state index in [9.17, 15) is 4.79 Å². The fourth-order valence-electron chi connectivity index (χ4n) is 2.50. The van der Waals surface area contributed by atoms with E-state index in [2.05, 4.69) is 17.2 Å². The molecule has 0 aliphatic carbocycles. The van der Waals surface area contributed by atoms with E-state index in [1.807, 2.05) is 44.3 Å². The van der Waals surface area contributed by atoms with Crippen molar-refractivity contribution in [3.05, 3.63) is 52.7 Å². The number of nitrogens with one attached hydrogen (secondary N) is 1. The molecule has 1 heterocycles. The maximum Gasteiger partial charge on any atom is 0.252 e. The molecule has 1 amide bonds. The van der Waals surface area contributed by atoms with E-state index < -0.39 is 5.91 Å². The molecular formula is C17H21N3O. The van der Waals surface area contributed by atoms with Gasteiger partial charge < -0.3 is 11.1 Å². The lowest BCUT2D eigenvalue weighted by molar-refractivity contribution is 0.1000. The lowest BCUT2D eigenvalue weighted by Crippen LogP contribution is -2.18. The van der Waals surface area contributed by atoms with Gasteiger partial charge >= 0.3 is 0 Å². The molecule has 21 heavy (non-hydrogen) atoms. The molecule has 2 aromatic rings. The Morgan fingerprint density at radius 1 is 1.24 bits per heavy atom. The Bertz CT molecular complexity index is 665. The van der Waals surface area contributed by atoms with Gasteiger partial charge in [0.15, 0.2) is 0 Å². The number of aromatic nitrogens is 1. The van der Waals surface area contributed by atoms with Crippen molar-refractivity contribution in [2.24, 2.45) is 5.73 Å². The average molecular weight is 283 g/mol. The summed E-state index contributed by atoms with van der Waals surface area (Å²) < 4.78 is 0. The standard InChI is InChI=1S/C17H21N3O/c1-4-12-10-19-17(15(16(18)21)13(12)5-2)20-14-9-7-6-8-11(14)3/h6-10H,4-5H2,1-3H3,(H2,18,21)(H,19,20). The number of hydrogen-bond donors (Lipinski definition) is 2. The maximum atomic E-state index is 11.9. The monoisotopic (exact) mass is 283 g/mol. The van der Waals surface area contributed by atoms with E-state index >= 15 is 0 Å². The van der Waals surface area contributed by atoms with Crippen LogP contribution in [0.1, 0.15) is 40.9 Å². The normalized spacial score (nSPS) is 10.4. The minimum atomic E-state index is -0.439. The number of carbonyl (C=O) groups excluding carboxylic acids is 1. The van der Waals surface area contributed by atoms with Gasteiger partial charge in [-0.15, -0.1) is 0 Å². The molecule has 1 aromatic carbocycles. The smallest absolute Gasteiger partial charge is 0.252 e. The van der Waals surface area contributed by atoms with Crippen LogP contribution in [0.4, 0.5) is 11.5 Å². The summed E-state index contributed by atoms with van der Waals surface area (Å²) >= 11 is 0. The first-order chi connectivity index (χ1) is 10.1. The number of primary amides is 1. The molecular weight excluding hydrogens is 262 g/mol. The summed E-state index contributed by atoms with van der Waals surface area (Å²) in [7, 11) is 0. The van der Waals surface area contributed by atoms with Crippen LogP contribution in [0.2, 0.25) is 0 Å². The lowest BCUT2D eigenvalue weighted by Gasteiger charge is -2.16. The molecule has 0 aliphatic rings. The molecule has 0 saturated carbocycles. The summed E-state index contributed by atoms with van der Waals surface area (Å²) in [6.45, 7) is 6.08. The zero-order valence-electron chi connectivity index (χ0n) is 12.7. The minimum absolute atomic E-state index is 0.439. The third kappa shape index (κ3) is 3.05. The summed E-state index contributed by atoms with van der Waals surface area (Å²) in [5.74, 6) is 0.0941. The van der Waals surface area contributed by atoms with Crippen molar-refractivity contribution in [3.63, 3.8) is 0 Å². The highest BCUT2D eigenvalue weighted by molar-refractivity contribution is 6.00. The topological polar surface area (TPSA) is 68.0 Å². The number of nitrogens with zero attached hydrogens (tertiary/aromatic N) is 1. The number of hydrogen-bond acceptors (Lipinski definition) is 3. The van der Waals surface area contributed by atoms with Gasteiger partial charge in [-0.3, -0.25) is 4.79 Å². The predicted octanol–water partition coefficient (Wildman–Crippen LogP) is 3.36. The van der Waals surface area contributed by atoms with Gasteiger partial charge in [-0.2, -0.15) is 0 Å². The van der Waals surface area contributed by atoms with E-state index in [1.165, 1.54) is 0 Å².